The third-order valence-electron chi connectivity index (χ3n) is 6.63. The molecule has 5 rings (SSSR count). The van der Waals surface area contributed by atoms with Crippen LogP contribution >= 0.6 is 0 Å². The number of nitrogens with one attached hydrogen (secondary N) is 1. The number of piperazine rings is 1. The molecule has 3 aromatic carbocycles. The summed E-state index contributed by atoms with van der Waals surface area (Å²) in [6, 6.07) is 18.7. The van der Waals surface area contributed by atoms with E-state index in [2.05, 4.69) is 63.5 Å². The highest BCUT2D eigenvalue weighted by Crippen LogP contribution is 2.35. The highest BCUT2D eigenvalue weighted by molar-refractivity contribution is 5.97. The van der Waals surface area contributed by atoms with E-state index in [1.165, 1.54) is 22.0 Å². The number of hydrogen-bond donors (Lipinski definition) is 1. The van der Waals surface area contributed by atoms with Crippen LogP contribution in [0.1, 0.15) is 5.56 Å². The topological polar surface area (TPSA) is 48.1 Å². The number of hydrogen-bond acceptors (Lipinski definition) is 5. The van der Waals surface area contributed by atoms with Gasteiger partial charge in [-0.2, -0.15) is 0 Å². The summed E-state index contributed by atoms with van der Waals surface area (Å²) in [5.74, 6) is 0.841. The normalized spacial score (nSPS) is 16.3. The summed E-state index contributed by atoms with van der Waals surface area (Å²) in [5, 5.41) is 5.65. The molecule has 0 saturated carbocycles. The first-order valence-electron chi connectivity index (χ1n) is 11.3. The zero-order valence-corrected chi connectivity index (χ0v) is 18.8. The summed E-state index contributed by atoms with van der Waals surface area (Å²) in [7, 11) is 3.84. The van der Waals surface area contributed by atoms with Crippen LogP contribution in [0.5, 0.6) is 5.75 Å². The van der Waals surface area contributed by atoms with E-state index in [0.717, 1.165) is 56.3 Å². The Balaban J connectivity index is 1.30. The Hall–Kier alpha value is -3.25. The molecular formula is C26H30N4O2. The summed E-state index contributed by atoms with van der Waals surface area (Å²) < 4.78 is 5.59. The zero-order valence-electron chi connectivity index (χ0n) is 18.8. The lowest BCUT2D eigenvalue weighted by Crippen LogP contribution is -2.44. The molecule has 32 heavy (non-hydrogen) atoms. The number of anilines is 3. The van der Waals surface area contributed by atoms with Crippen LogP contribution in [0, 0.1) is 0 Å². The van der Waals surface area contributed by atoms with E-state index in [9.17, 15) is 4.79 Å². The summed E-state index contributed by atoms with van der Waals surface area (Å²) in [4.78, 5) is 19.8. The van der Waals surface area contributed by atoms with Crippen molar-refractivity contribution in [3.63, 3.8) is 0 Å². The number of methoxy groups -OCH3 is 1. The second-order valence-corrected chi connectivity index (χ2v) is 8.68. The number of ether oxygens (including phenoxy) is 1. The van der Waals surface area contributed by atoms with Crippen molar-refractivity contribution >= 4 is 33.7 Å². The standard InChI is InChI=1S/C26H30N4O2/c1-28-13-15-29(16-14-28)24-17-20(8-10-25(24)32-2)27-26(31)18-30-12-11-22-21-6-4-3-5-19(21)7-9-23(22)30/h3-10,17H,11-16,18H2,1-2H3,(H,27,31). The number of nitrogens with zero attached hydrogens (tertiary/aromatic N) is 3. The summed E-state index contributed by atoms with van der Waals surface area (Å²) >= 11 is 0. The predicted octanol–water partition coefficient (Wildman–Crippen LogP) is 3.60. The van der Waals surface area contributed by atoms with E-state index in [-0.39, 0.29) is 5.91 Å². The fourth-order valence-corrected chi connectivity index (χ4v) is 4.85. The molecule has 1 N–H and O–H groups in total. The fourth-order valence-electron chi connectivity index (χ4n) is 4.85. The van der Waals surface area contributed by atoms with Gasteiger partial charge in [-0.05, 0) is 54.1 Å². The number of carbonyl (C=O) groups excluding carboxylic acids is 1. The Kier molecular flexibility index (Phi) is 5.62. The minimum atomic E-state index is 0.000466. The Morgan fingerprint density at radius 2 is 1.78 bits per heavy atom. The van der Waals surface area contributed by atoms with Gasteiger partial charge in [-0.3, -0.25) is 4.79 Å². The first kappa shape index (κ1) is 20.6. The monoisotopic (exact) mass is 430 g/mol. The van der Waals surface area contributed by atoms with Crippen molar-refractivity contribution in [2.75, 3.05) is 68.5 Å². The van der Waals surface area contributed by atoms with E-state index in [1.54, 1.807) is 7.11 Å². The minimum absolute atomic E-state index is 0.000466. The second-order valence-electron chi connectivity index (χ2n) is 8.68. The van der Waals surface area contributed by atoms with Gasteiger partial charge in [0, 0.05) is 44.1 Å². The molecule has 2 aliphatic heterocycles. The molecule has 0 bridgehead atoms. The van der Waals surface area contributed by atoms with Crippen molar-refractivity contribution in [1.29, 1.82) is 0 Å². The molecule has 0 radical (unpaired) electrons. The smallest absolute Gasteiger partial charge is 0.243 e. The maximum absolute atomic E-state index is 12.9. The molecule has 0 unspecified atom stereocenters. The van der Waals surface area contributed by atoms with Crippen LogP contribution in [0.2, 0.25) is 0 Å². The van der Waals surface area contributed by atoms with Crippen molar-refractivity contribution in [2.45, 2.75) is 6.42 Å². The number of likely N-dealkylation sites (N-methyl/N-ethyl adjacent to an activating group) is 1. The number of amides is 1. The van der Waals surface area contributed by atoms with E-state index < -0.39 is 0 Å². The van der Waals surface area contributed by atoms with Gasteiger partial charge in [0.25, 0.3) is 0 Å². The van der Waals surface area contributed by atoms with Crippen LogP contribution in [-0.4, -0.2) is 64.2 Å². The van der Waals surface area contributed by atoms with Crippen LogP contribution in [0.4, 0.5) is 17.1 Å². The Labute approximate surface area is 189 Å². The summed E-state index contributed by atoms with van der Waals surface area (Å²) in [6.07, 6.45) is 0.972. The molecule has 6 heteroatoms. The van der Waals surface area contributed by atoms with Gasteiger partial charge in [0.1, 0.15) is 5.75 Å². The first-order valence-corrected chi connectivity index (χ1v) is 11.3. The maximum atomic E-state index is 12.9. The van der Waals surface area contributed by atoms with Crippen LogP contribution in [0.25, 0.3) is 10.8 Å². The van der Waals surface area contributed by atoms with E-state index in [0.29, 0.717) is 6.54 Å². The molecular weight excluding hydrogens is 400 g/mol. The molecule has 0 aliphatic carbocycles. The molecule has 3 aromatic rings. The van der Waals surface area contributed by atoms with E-state index in [4.69, 9.17) is 4.74 Å². The number of fused-ring (bicyclic) bond motifs is 3. The van der Waals surface area contributed by atoms with Crippen LogP contribution in [0.3, 0.4) is 0 Å². The van der Waals surface area contributed by atoms with Gasteiger partial charge in [-0.25, -0.2) is 0 Å². The Morgan fingerprint density at radius 1 is 0.969 bits per heavy atom. The molecule has 0 aromatic heterocycles. The maximum Gasteiger partial charge on any atom is 0.243 e. The van der Waals surface area contributed by atoms with Crippen molar-refractivity contribution < 1.29 is 9.53 Å². The van der Waals surface area contributed by atoms with Gasteiger partial charge < -0.3 is 24.8 Å². The predicted molar refractivity (Wildman–Crippen MR) is 131 cm³/mol. The van der Waals surface area contributed by atoms with E-state index >= 15 is 0 Å². The molecule has 166 valence electrons. The molecule has 1 saturated heterocycles. The Morgan fingerprint density at radius 3 is 2.59 bits per heavy atom. The average Bonchev–Trinajstić information content (AvgIpc) is 3.22. The molecule has 0 atom stereocenters. The Bertz CT molecular complexity index is 1140. The van der Waals surface area contributed by atoms with Crippen molar-refractivity contribution in [1.82, 2.24) is 4.90 Å². The van der Waals surface area contributed by atoms with Crippen LogP contribution in [-0.2, 0) is 11.2 Å². The third kappa shape index (κ3) is 3.98. The van der Waals surface area contributed by atoms with Gasteiger partial charge >= 0.3 is 0 Å². The van der Waals surface area contributed by atoms with Gasteiger partial charge in [0.2, 0.25) is 5.91 Å². The second kappa shape index (κ2) is 8.71. The summed E-state index contributed by atoms with van der Waals surface area (Å²) in [6.45, 7) is 5.14. The lowest BCUT2D eigenvalue weighted by Gasteiger charge is -2.35. The molecule has 0 spiro atoms. The van der Waals surface area contributed by atoms with E-state index in [1.807, 2.05) is 18.2 Å². The van der Waals surface area contributed by atoms with Gasteiger partial charge in [-0.15, -0.1) is 0 Å². The molecule has 1 fully saturated rings. The highest BCUT2D eigenvalue weighted by Gasteiger charge is 2.23. The molecule has 2 heterocycles. The molecule has 1 amide bonds. The lowest BCUT2D eigenvalue weighted by molar-refractivity contribution is -0.115. The van der Waals surface area contributed by atoms with Crippen molar-refractivity contribution in [2.24, 2.45) is 0 Å². The molecule has 2 aliphatic rings. The van der Waals surface area contributed by atoms with Gasteiger partial charge in [-0.1, -0.05) is 30.3 Å². The number of benzene rings is 3. The van der Waals surface area contributed by atoms with Gasteiger partial charge in [0.05, 0.1) is 19.3 Å². The van der Waals surface area contributed by atoms with Crippen LogP contribution in [0.15, 0.2) is 54.6 Å². The molecule has 6 nitrogen and oxygen atoms in total. The lowest BCUT2D eigenvalue weighted by atomic mass is 10.0. The number of carbonyl (C=O) groups is 1. The van der Waals surface area contributed by atoms with Crippen LogP contribution < -0.4 is 19.9 Å². The minimum Gasteiger partial charge on any atom is -0.495 e. The largest absolute Gasteiger partial charge is 0.495 e. The SMILES string of the molecule is COc1ccc(NC(=O)CN2CCc3c2ccc2ccccc32)cc1N1CCN(C)CC1. The fraction of sp³-hybridized carbons (Fsp3) is 0.346. The average molecular weight is 431 g/mol. The summed E-state index contributed by atoms with van der Waals surface area (Å²) in [5.41, 5.74) is 4.36. The van der Waals surface area contributed by atoms with Crippen molar-refractivity contribution in [3.8, 4) is 5.75 Å². The van der Waals surface area contributed by atoms with Gasteiger partial charge in [0.15, 0.2) is 0 Å². The zero-order chi connectivity index (χ0) is 22.1. The van der Waals surface area contributed by atoms with Crippen molar-refractivity contribution in [3.05, 3.63) is 60.2 Å². The number of rotatable bonds is 5. The highest BCUT2D eigenvalue weighted by atomic mass is 16.5. The quantitative estimate of drug-likeness (QED) is 0.670. The first-order chi connectivity index (χ1) is 15.6. The third-order valence-corrected chi connectivity index (χ3v) is 6.63.